The van der Waals surface area contributed by atoms with E-state index >= 15 is 0 Å². The van der Waals surface area contributed by atoms with Gasteiger partial charge in [-0.05, 0) is 60.2 Å². The van der Waals surface area contributed by atoms with Gasteiger partial charge in [-0.2, -0.15) is 0 Å². The predicted octanol–water partition coefficient (Wildman–Crippen LogP) is 4.09. The van der Waals surface area contributed by atoms with Crippen LogP contribution >= 0.6 is 23.1 Å². The fourth-order valence-electron chi connectivity index (χ4n) is 3.42. The molecule has 0 fully saturated rings. The van der Waals surface area contributed by atoms with Gasteiger partial charge in [-0.1, -0.05) is 46.4 Å². The zero-order valence-electron chi connectivity index (χ0n) is 17.9. The van der Waals surface area contributed by atoms with Crippen LogP contribution in [-0.2, 0) is 29.0 Å². The average molecular weight is 489 g/mol. The maximum atomic E-state index is 9.64. The van der Waals surface area contributed by atoms with E-state index < -0.39 is 11.9 Å². The number of fused-ring (bicyclic) bond motifs is 1. The molecule has 0 aliphatic carbocycles. The number of nitrogens with zero attached hydrogens (tertiary/aromatic N) is 2. The maximum absolute atomic E-state index is 9.64. The van der Waals surface area contributed by atoms with Crippen molar-refractivity contribution >= 4 is 40.8 Å². The smallest absolute Gasteiger partial charge is 0.303 e. The topological polar surface area (TPSA) is 124 Å². The van der Waals surface area contributed by atoms with Crippen LogP contribution in [0.15, 0.2) is 41.8 Å². The normalized spacial score (nSPS) is 12.6. The molecule has 2 aromatic carbocycles. The summed E-state index contributed by atoms with van der Waals surface area (Å²) in [5.41, 5.74) is 7.05. The molecule has 174 valence electrons. The van der Waals surface area contributed by atoms with Crippen molar-refractivity contribution in [1.29, 1.82) is 0 Å². The Morgan fingerprint density at radius 2 is 1.73 bits per heavy atom. The van der Waals surface area contributed by atoms with E-state index in [4.69, 9.17) is 21.8 Å². The number of anilines is 1. The van der Waals surface area contributed by atoms with Gasteiger partial charge in [0.15, 0.2) is 0 Å². The van der Waals surface area contributed by atoms with Crippen LogP contribution < -0.4 is 10.6 Å². The minimum absolute atomic E-state index is 0.296. The van der Waals surface area contributed by atoms with Crippen LogP contribution in [0.1, 0.15) is 29.5 Å². The van der Waals surface area contributed by atoms with E-state index in [0.29, 0.717) is 0 Å². The molecule has 0 unspecified atom stereocenters. The van der Waals surface area contributed by atoms with Gasteiger partial charge in [0.1, 0.15) is 5.69 Å². The molecule has 0 saturated heterocycles. The summed E-state index contributed by atoms with van der Waals surface area (Å²) in [5.74, 6) is -2.15. The van der Waals surface area contributed by atoms with Crippen LogP contribution in [0.5, 0.6) is 0 Å². The summed E-state index contributed by atoms with van der Waals surface area (Å²) in [6.07, 6.45) is 1.47. The number of benzene rings is 2. The number of halogens is 1. The lowest BCUT2D eigenvalue weighted by Crippen LogP contribution is -2.16. The Morgan fingerprint density at radius 3 is 2.36 bits per heavy atom. The van der Waals surface area contributed by atoms with Gasteiger partial charge < -0.3 is 20.8 Å². The number of carboxylic acids is 2. The lowest BCUT2D eigenvalue weighted by atomic mass is 10.0. The number of nitrogens with one attached hydrogen (secondary N) is 2. The van der Waals surface area contributed by atoms with Crippen LogP contribution in [-0.4, -0.2) is 44.8 Å². The maximum Gasteiger partial charge on any atom is 0.303 e. The van der Waals surface area contributed by atoms with Crippen LogP contribution in [0.3, 0.4) is 0 Å². The first-order valence-corrected chi connectivity index (χ1v) is 11.7. The van der Waals surface area contributed by atoms with Crippen molar-refractivity contribution < 1.29 is 19.8 Å². The van der Waals surface area contributed by atoms with Gasteiger partial charge in [0.05, 0.1) is 23.6 Å². The third kappa shape index (κ3) is 7.52. The second-order valence-electron chi connectivity index (χ2n) is 7.44. The highest BCUT2D eigenvalue weighted by Crippen LogP contribution is 2.31. The molecule has 4 rings (SSSR count). The van der Waals surface area contributed by atoms with E-state index in [9.17, 15) is 9.59 Å². The summed E-state index contributed by atoms with van der Waals surface area (Å²) >= 11 is 7.85. The standard InChI is InChI=1S/C19H19ClN4S.C4H6O4/c20-17-6-5-14-7-9-21-10-8-16(14)19(17)22-11-13-1-3-15(4-2-13)18-12-25-24-23-18;5-3(6)1-2-4(7)8/h1-6,12,21-22H,7-11H2;1-2H2,(H,5,6)(H,7,8). The number of aromatic nitrogens is 2. The molecule has 1 aromatic heterocycles. The number of aliphatic carboxylic acids is 2. The van der Waals surface area contributed by atoms with E-state index in [0.717, 1.165) is 54.4 Å². The van der Waals surface area contributed by atoms with Gasteiger partial charge >= 0.3 is 11.9 Å². The Morgan fingerprint density at radius 1 is 1.03 bits per heavy atom. The highest BCUT2D eigenvalue weighted by atomic mass is 35.5. The predicted molar refractivity (Wildman–Crippen MR) is 129 cm³/mol. The lowest BCUT2D eigenvalue weighted by molar-refractivity contribution is -0.143. The van der Waals surface area contributed by atoms with Crippen molar-refractivity contribution in [2.75, 3.05) is 18.4 Å². The molecule has 2 heterocycles. The van der Waals surface area contributed by atoms with Crippen molar-refractivity contribution in [2.45, 2.75) is 32.2 Å². The molecule has 0 radical (unpaired) electrons. The molecule has 4 N–H and O–H groups in total. The monoisotopic (exact) mass is 488 g/mol. The fraction of sp³-hybridized carbons (Fsp3) is 0.304. The molecule has 33 heavy (non-hydrogen) atoms. The molecular weight excluding hydrogens is 464 g/mol. The fourth-order valence-corrected chi connectivity index (χ4v) is 4.13. The third-order valence-electron chi connectivity index (χ3n) is 5.11. The second-order valence-corrected chi connectivity index (χ2v) is 8.46. The van der Waals surface area contributed by atoms with E-state index in [1.165, 1.54) is 28.2 Å². The highest BCUT2D eigenvalue weighted by Gasteiger charge is 2.14. The number of carbonyl (C=O) groups is 2. The van der Waals surface area contributed by atoms with Gasteiger partial charge in [-0.15, -0.1) is 5.10 Å². The first-order chi connectivity index (χ1) is 15.9. The first kappa shape index (κ1) is 24.6. The Labute approximate surface area is 200 Å². The molecule has 1 aliphatic heterocycles. The Balaban J connectivity index is 0.000000331. The highest BCUT2D eigenvalue weighted by molar-refractivity contribution is 7.03. The third-order valence-corrected chi connectivity index (χ3v) is 5.93. The summed E-state index contributed by atoms with van der Waals surface area (Å²) in [6, 6.07) is 12.6. The number of hydrogen-bond acceptors (Lipinski definition) is 7. The van der Waals surface area contributed by atoms with Crippen molar-refractivity contribution in [3.8, 4) is 11.3 Å². The lowest BCUT2D eigenvalue weighted by Gasteiger charge is -2.16. The molecule has 0 atom stereocenters. The van der Waals surface area contributed by atoms with Gasteiger partial charge in [0, 0.05) is 17.5 Å². The zero-order chi connectivity index (χ0) is 23.6. The quantitative estimate of drug-likeness (QED) is 0.392. The zero-order valence-corrected chi connectivity index (χ0v) is 19.5. The van der Waals surface area contributed by atoms with Crippen LogP contribution in [0.25, 0.3) is 11.3 Å². The average Bonchev–Trinajstić information content (AvgIpc) is 3.23. The van der Waals surface area contributed by atoms with E-state index in [-0.39, 0.29) is 12.8 Å². The summed E-state index contributed by atoms with van der Waals surface area (Å²) in [7, 11) is 0. The number of hydrogen-bond donors (Lipinski definition) is 4. The van der Waals surface area contributed by atoms with Gasteiger partial charge in [-0.25, -0.2) is 0 Å². The minimum Gasteiger partial charge on any atom is -0.481 e. The second kappa shape index (κ2) is 12.3. The molecule has 0 bridgehead atoms. The van der Waals surface area contributed by atoms with Crippen molar-refractivity contribution in [1.82, 2.24) is 14.9 Å². The summed E-state index contributed by atoms with van der Waals surface area (Å²) < 4.78 is 3.91. The van der Waals surface area contributed by atoms with Crippen LogP contribution in [0.4, 0.5) is 5.69 Å². The van der Waals surface area contributed by atoms with Gasteiger partial charge in [-0.3, -0.25) is 9.59 Å². The van der Waals surface area contributed by atoms with Crippen molar-refractivity contribution in [2.24, 2.45) is 0 Å². The van der Waals surface area contributed by atoms with Crippen molar-refractivity contribution in [3.05, 3.63) is 63.5 Å². The summed E-state index contributed by atoms with van der Waals surface area (Å²) in [6.45, 7) is 2.78. The SMILES string of the molecule is Clc1ccc2c(c1NCc1ccc(-c3csnn3)cc1)CCNCC2.O=C(O)CCC(=O)O. The molecule has 0 spiro atoms. The minimum atomic E-state index is -1.08. The number of rotatable bonds is 7. The van der Waals surface area contributed by atoms with Crippen LogP contribution in [0, 0.1) is 0 Å². The Kier molecular flexibility index (Phi) is 9.17. The Hall–Kier alpha value is -3.01. The Bertz CT molecular complexity index is 1060. The number of carboxylic acid groups (broad SMARTS) is 2. The molecular formula is C23H25ClN4O4S. The molecule has 3 aromatic rings. The van der Waals surface area contributed by atoms with Crippen LogP contribution in [0.2, 0.25) is 5.02 Å². The van der Waals surface area contributed by atoms with Gasteiger partial charge in [0.2, 0.25) is 0 Å². The summed E-state index contributed by atoms with van der Waals surface area (Å²) in [5, 5.41) is 29.7. The molecule has 8 nitrogen and oxygen atoms in total. The molecule has 10 heteroatoms. The van der Waals surface area contributed by atoms with E-state index in [2.05, 4.69) is 50.6 Å². The molecule has 0 amide bonds. The van der Waals surface area contributed by atoms with Gasteiger partial charge in [0.25, 0.3) is 0 Å². The summed E-state index contributed by atoms with van der Waals surface area (Å²) in [4.78, 5) is 19.3. The van der Waals surface area contributed by atoms with E-state index in [1.54, 1.807) is 0 Å². The molecule has 0 saturated carbocycles. The first-order valence-electron chi connectivity index (χ1n) is 10.5. The van der Waals surface area contributed by atoms with E-state index in [1.807, 2.05) is 11.4 Å². The molecule has 1 aliphatic rings. The van der Waals surface area contributed by atoms with Crippen molar-refractivity contribution in [3.63, 3.8) is 0 Å². The largest absolute Gasteiger partial charge is 0.481 e.